The Labute approximate surface area is 160 Å². The lowest BCUT2D eigenvalue weighted by molar-refractivity contribution is 0.0940. The van der Waals surface area contributed by atoms with Crippen molar-refractivity contribution in [2.45, 2.75) is 25.8 Å². The molecule has 0 saturated heterocycles. The Hall–Kier alpha value is -3.20. The van der Waals surface area contributed by atoms with Crippen molar-refractivity contribution >= 4 is 11.7 Å². The van der Waals surface area contributed by atoms with E-state index in [9.17, 15) is 9.59 Å². The van der Waals surface area contributed by atoms with Gasteiger partial charge >= 0.3 is 0 Å². The number of hydrogen-bond donors (Lipinski definition) is 1. The molecule has 2 unspecified atom stereocenters. The summed E-state index contributed by atoms with van der Waals surface area (Å²) in [5.74, 6) is -0.437. The van der Waals surface area contributed by atoms with Crippen LogP contribution in [0.2, 0.25) is 0 Å². The predicted octanol–water partition coefficient (Wildman–Crippen LogP) is 5.16. The van der Waals surface area contributed by atoms with Crippen LogP contribution in [0.3, 0.4) is 0 Å². The summed E-state index contributed by atoms with van der Waals surface area (Å²) in [6, 6.07) is 26.3. The summed E-state index contributed by atoms with van der Waals surface area (Å²) < 4.78 is 0. The molecule has 3 nitrogen and oxygen atoms in total. The van der Waals surface area contributed by atoms with E-state index >= 15 is 0 Å². The zero-order valence-corrected chi connectivity index (χ0v) is 15.6. The van der Waals surface area contributed by atoms with Gasteiger partial charge in [-0.25, -0.2) is 0 Å². The van der Waals surface area contributed by atoms with Gasteiger partial charge in [-0.1, -0.05) is 79.7 Å². The molecule has 0 aliphatic carbocycles. The highest BCUT2D eigenvalue weighted by Gasteiger charge is 2.19. The van der Waals surface area contributed by atoms with Gasteiger partial charge in [0.1, 0.15) is 0 Å². The third kappa shape index (κ3) is 4.50. The molecule has 3 aromatic carbocycles. The summed E-state index contributed by atoms with van der Waals surface area (Å²) in [5.41, 5.74) is 3.04. The third-order valence-electron chi connectivity index (χ3n) is 4.75. The van der Waals surface area contributed by atoms with Crippen LogP contribution in [0.4, 0.5) is 0 Å². The zero-order valence-electron chi connectivity index (χ0n) is 15.6. The molecular formula is C24H23NO2. The Kier molecular flexibility index (Phi) is 5.82. The minimum absolute atomic E-state index is 0.00644. The van der Waals surface area contributed by atoms with Gasteiger partial charge < -0.3 is 5.32 Å². The normalized spacial score (nSPS) is 12.8. The minimum atomic E-state index is -0.257. The summed E-state index contributed by atoms with van der Waals surface area (Å²) in [7, 11) is 0. The molecule has 136 valence electrons. The van der Waals surface area contributed by atoms with Gasteiger partial charge in [0.05, 0.1) is 6.04 Å². The van der Waals surface area contributed by atoms with Gasteiger partial charge in [0.25, 0.3) is 5.91 Å². The van der Waals surface area contributed by atoms with Crippen molar-refractivity contribution in [1.82, 2.24) is 5.32 Å². The zero-order chi connectivity index (χ0) is 19.2. The van der Waals surface area contributed by atoms with Gasteiger partial charge in [-0.05, 0) is 30.2 Å². The van der Waals surface area contributed by atoms with Gasteiger partial charge in [0.15, 0.2) is 5.78 Å². The molecule has 3 rings (SSSR count). The van der Waals surface area contributed by atoms with E-state index in [2.05, 4.69) is 5.32 Å². The Morgan fingerprint density at radius 3 is 1.89 bits per heavy atom. The van der Waals surface area contributed by atoms with Crippen molar-refractivity contribution in [2.24, 2.45) is 0 Å². The van der Waals surface area contributed by atoms with E-state index in [4.69, 9.17) is 0 Å². The Balaban J connectivity index is 1.75. The number of nitrogens with one attached hydrogen (secondary N) is 1. The van der Waals surface area contributed by atoms with Gasteiger partial charge in [0, 0.05) is 17.0 Å². The van der Waals surface area contributed by atoms with Crippen molar-refractivity contribution in [3.05, 3.63) is 107 Å². The van der Waals surface area contributed by atoms with E-state index in [-0.39, 0.29) is 23.7 Å². The average molecular weight is 357 g/mol. The van der Waals surface area contributed by atoms with E-state index in [1.807, 2.05) is 74.5 Å². The highest BCUT2D eigenvalue weighted by molar-refractivity contribution is 6.03. The number of carbonyl (C=O) groups excluding carboxylic acids is 2. The van der Waals surface area contributed by atoms with Gasteiger partial charge in [-0.3, -0.25) is 9.59 Å². The summed E-state index contributed by atoms with van der Waals surface area (Å²) in [4.78, 5) is 25.5. The van der Waals surface area contributed by atoms with Crippen LogP contribution in [-0.2, 0) is 0 Å². The molecule has 0 aromatic heterocycles. The standard InChI is InChI=1S/C24H23NO2/c1-17(19-10-5-3-6-11-19)23(26)21-14-9-15-22(16-21)24(27)25-18(2)20-12-7-4-8-13-20/h3-18H,1-2H3,(H,25,27). The van der Waals surface area contributed by atoms with Crippen molar-refractivity contribution in [1.29, 1.82) is 0 Å². The van der Waals surface area contributed by atoms with Crippen molar-refractivity contribution in [2.75, 3.05) is 0 Å². The van der Waals surface area contributed by atoms with E-state index in [1.54, 1.807) is 24.3 Å². The fourth-order valence-electron chi connectivity index (χ4n) is 3.06. The number of amides is 1. The molecule has 0 bridgehead atoms. The number of benzene rings is 3. The largest absolute Gasteiger partial charge is 0.346 e. The lowest BCUT2D eigenvalue weighted by Crippen LogP contribution is -2.26. The van der Waals surface area contributed by atoms with Crippen LogP contribution in [0, 0.1) is 0 Å². The topological polar surface area (TPSA) is 46.2 Å². The molecule has 3 aromatic rings. The predicted molar refractivity (Wildman–Crippen MR) is 108 cm³/mol. The minimum Gasteiger partial charge on any atom is -0.346 e. The number of carbonyl (C=O) groups is 2. The third-order valence-corrected chi connectivity index (χ3v) is 4.75. The second kappa shape index (κ2) is 8.45. The quantitative estimate of drug-likeness (QED) is 0.619. The Morgan fingerprint density at radius 1 is 0.704 bits per heavy atom. The molecular weight excluding hydrogens is 334 g/mol. The molecule has 27 heavy (non-hydrogen) atoms. The van der Waals surface area contributed by atoms with E-state index in [1.165, 1.54) is 0 Å². The smallest absolute Gasteiger partial charge is 0.251 e. The summed E-state index contributed by atoms with van der Waals surface area (Å²) in [6.45, 7) is 3.83. The molecule has 0 saturated carbocycles. The Bertz CT molecular complexity index is 919. The second-order valence-corrected chi connectivity index (χ2v) is 6.68. The van der Waals surface area contributed by atoms with Crippen LogP contribution in [0.5, 0.6) is 0 Å². The van der Waals surface area contributed by atoms with Gasteiger partial charge in [0.2, 0.25) is 0 Å². The molecule has 0 heterocycles. The van der Waals surface area contributed by atoms with Crippen LogP contribution >= 0.6 is 0 Å². The summed E-state index contributed by atoms with van der Waals surface area (Å²) in [6.07, 6.45) is 0. The lowest BCUT2D eigenvalue weighted by atomic mass is 9.91. The van der Waals surface area contributed by atoms with Crippen LogP contribution in [-0.4, -0.2) is 11.7 Å². The van der Waals surface area contributed by atoms with Crippen molar-refractivity contribution < 1.29 is 9.59 Å². The second-order valence-electron chi connectivity index (χ2n) is 6.68. The van der Waals surface area contributed by atoms with Crippen LogP contribution in [0.1, 0.15) is 57.7 Å². The first kappa shape index (κ1) is 18.6. The van der Waals surface area contributed by atoms with Crippen LogP contribution in [0.25, 0.3) is 0 Å². The summed E-state index contributed by atoms with van der Waals surface area (Å²) >= 11 is 0. The van der Waals surface area contributed by atoms with Crippen molar-refractivity contribution in [3.63, 3.8) is 0 Å². The molecule has 1 amide bonds. The first-order chi connectivity index (χ1) is 13.1. The van der Waals surface area contributed by atoms with E-state index in [0.717, 1.165) is 11.1 Å². The van der Waals surface area contributed by atoms with E-state index in [0.29, 0.717) is 11.1 Å². The number of rotatable bonds is 6. The average Bonchev–Trinajstić information content (AvgIpc) is 2.74. The van der Waals surface area contributed by atoms with E-state index < -0.39 is 0 Å². The molecule has 0 aliphatic heterocycles. The van der Waals surface area contributed by atoms with Gasteiger partial charge in [-0.15, -0.1) is 0 Å². The molecule has 0 radical (unpaired) electrons. The van der Waals surface area contributed by atoms with Crippen LogP contribution in [0.15, 0.2) is 84.9 Å². The molecule has 0 aliphatic rings. The SMILES string of the molecule is CC(NC(=O)c1cccc(C(=O)C(C)c2ccccc2)c1)c1ccccc1. The molecule has 2 atom stereocenters. The Morgan fingerprint density at radius 2 is 1.26 bits per heavy atom. The maximum Gasteiger partial charge on any atom is 0.251 e. The number of Topliss-reactive ketones (excluding diaryl/α,β-unsaturated/α-hetero) is 1. The monoisotopic (exact) mass is 357 g/mol. The van der Waals surface area contributed by atoms with Gasteiger partial charge in [-0.2, -0.15) is 0 Å². The highest BCUT2D eigenvalue weighted by atomic mass is 16.1. The lowest BCUT2D eigenvalue weighted by Gasteiger charge is -2.15. The van der Waals surface area contributed by atoms with Crippen LogP contribution < -0.4 is 5.32 Å². The summed E-state index contributed by atoms with van der Waals surface area (Å²) in [5, 5.41) is 2.99. The molecule has 1 N–H and O–H groups in total. The van der Waals surface area contributed by atoms with Crippen molar-refractivity contribution in [3.8, 4) is 0 Å². The first-order valence-electron chi connectivity index (χ1n) is 9.11. The number of hydrogen-bond acceptors (Lipinski definition) is 2. The number of ketones is 1. The first-order valence-corrected chi connectivity index (χ1v) is 9.11. The maximum atomic E-state index is 12.8. The molecule has 0 fully saturated rings. The molecule has 0 spiro atoms. The fourth-order valence-corrected chi connectivity index (χ4v) is 3.06. The maximum absolute atomic E-state index is 12.8. The highest BCUT2D eigenvalue weighted by Crippen LogP contribution is 2.21. The molecule has 3 heteroatoms. The fraction of sp³-hybridized carbons (Fsp3) is 0.167.